The summed E-state index contributed by atoms with van der Waals surface area (Å²) >= 11 is 4.11. The molecule has 0 saturated carbocycles. The lowest BCUT2D eigenvalue weighted by molar-refractivity contribution is -0.387. The zero-order valence-electron chi connectivity index (χ0n) is 24.4. The fourth-order valence-corrected chi connectivity index (χ4v) is 5.47. The summed E-state index contributed by atoms with van der Waals surface area (Å²) in [5.41, 5.74) is 0. The first-order valence-electron chi connectivity index (χ1n) is 14.8. The molecule has 3 heterocycles. The molecule has 0 aromatic rings. The highest BCUT2D eigenvalue weighted by Crippen LogP contribution is 2.35. The molecule has 0 aromatic heterocycles. The number of unbranched alkanes of at least 4 members (excludes halogenated alkanes) is 1. The lowest BCUT2D eigenvalue weighted by Gasteiger charge is -2.49. The minimum atomic E-state index is -1.72. The zero-order valence-corrected chi connectivity index (χ0v) is 25.3. The van der Waals surface area contributed by atoms with Gasteiger partial charge in [0.2, 0.25) is 0 Å². The van der Waals surface area contributed by atoms with Crippen LogP contribution in [0.5, 0.6) is 0 Å². The monoisotopic (exact) mass is 644 g/mol. The molecule has 15 nitrogen and oxygen atoms in total. The number of carbonyl (C=O) groups is 1. The smallest absolute Gasteiger partial charge is 0.187 e. The van der Waals surface area contributed by atoms with Crippen molar-refractivity contribution in [3.05, 3.63) is 0 Å². The standard InChI is InChI=1S/C27H48O15S/c1-12-17(31)19(33)15(10-28)39-25(12)41-23-20(34)16(11-29)40-27(37-8-4-3-6-14(30)7-5-9-43)24(23)42-26-22(36)21(35)18(32)13(2)38-26/h12-13,15-29,31-36,43H,3-11H2,1-2H3/t12?,13?,15?,16?,17-,18-,19+,20+,21+,22?,23+,24?,25-,26+,27-/m1/s1. The third-order valence-corrected chi connectivity index (χ3v) is 8.44. The summed E-state index contributed by atoms with van der Waals surface area (Å²) in [6, 6.07) is 0. The van der Waals surface area contributed by atoms with Gasteiger partial charge in [-0.1, -0.05) is 6.92 Å². The van der Waals surface area contributed by atoms with Crippen LogP contribution in [-0.2, 0) is 33.2 Å². The number of ether oxygens (including phenoxy) is 6. The third kappa shape index (κ3) is 9.27. The summed E-state index contributed by atoms with van der Waals surface area (Å²) in [6.45, 7) is 1.77. The molecule has 16 heteroatoms. The van der Waals surface area contributed by atoms with Gasteiger partial charge in [-0.25, -0.2) is 0 Å². The number of hydrogen-bond acceptors (Lipinski definition) is 16. The Labute approximate surface area is 256 Å². The van der Waals surface area contributed by atoms with Crippen LogP contribution >= 0.6 is 12.6 Å². The average molecular weight is 645 g/mol. The lowest BCUT2D eigenvalue weighted by Crippen LogP contribution is -2.66. The number of hydrogen-bond donors (Lipinski definition) is 9. The van der Waals surface area contributed by atoms with E-state index in [0.29, 0.717) is 37.9 Å². The summed E-state index contributed by atoms with van der Waals surface area (Å²) in [4.78, 5) is 12.0. The Morgan fingerprint density at radius 3 is 1.93 bits per heavy atom. The second-order valence-electron chi connectivity index (χ2n) is 11.4. The van der Waals surface area contributed by atoms with E-state index in [4.69, 9.17) is 28.4 Å². The Balaban J connectivity index is 1.81. The van der Waals surface area contributed by atoms with E-state index in [0.717, 1.165) is 0 Å². The van der Waals surface area contributed by atoms with Crippen LogP contribution in [0.15, 0.2) is 0 Å². The normalized spacial score (nSPS) is 43.9. The summed E-state index contributed by atoms with van der Waals surface area (Å²) in [6.07, 6.45) is -17.0. The van der Waals surface area contributed by atoms with Crippen LogP contribution in [0, 0.1) is 5.92 Å². The van der Waals surface area contributed by atoms with E-state index >= 15 is 0 Å². The van der Waals surface area contributed by atoms with Crippen LogP contribution in [-0.4, -0.2) is 158 Å². The molecule has 15 atom stereocenters. The van der Waals surface area contributed by atoms with Gasteiger partial charge >= 0.3 is 0 Å². The Hall–Kier alpha value is -0.540. The molecule has 3 fully saturated rings. The maximum Gasteiger partial charge on any atom is 0.187 e. The van der Waals surface area contributed by atoms with Crippen LogP contribution in [0.4, 0.5) is 0 Å². The van der Waals surface area contributed by atoms with Crippen molar-refractivity contribution < 1.29 is 74.1 Å². The summed E-state index contributed by atoms with van der Waals surface area (Å²) in [5.74, 6) is -0.126. The summed E-state index contributed by atoms with van der Waals surface area (Å²) in [7, 11) is 0. The van der Waals surface area contributed by atoms with E-state index in [9.17, 15) is 45.6 Å². The highest BCUT2D eigenvalue weighted by atomic mass is 32.1. The molecule has 0 amide bonds. The highest BCUT2D eigenvalue weighted by Gasteiger charge is 2.53. The number of Topliss-reactive ketones (excluding diaryl/α,β-unsaturated/α-hetero) is 1. The quantitative estimate of drug-likeness (QED) is 0.0647. The fourth-order valence-electron chi connectivity index (χ4n) is 5.31. The lowest BCUT2D eigenvalue weighted by atomic mass is 9.92. The van der Waals surface area contributed by atoms with E-state index in [2.05, 4.69) is 12.6 Å². The minimum Gasteiger partial charge on any atom is -0.394 e. The first-order chi connectivity index (χ1) is 20.4. The van der Waals surface area contributed by atoms with Gasteiger partial charge in [-0.05, 0) is 31.9 Å². The molecule has 3 rings (SSSR count). The number of ketones is 1. The van der Waals surface area contributed by atoms with Gasteiger partial charge in [0.05, 0.1) is 25.4 Å². The van der Waals surface area contributed by atoms with Gasteiger partial charge in [0.25, 0.3) is 0 Å². The Morgan fingerprint density at radius 2 is 1.28 bits per heavy atom. The first kappa shape index (κ1) is 36.9. The molecule has 0 radical (unpaired) electrons. The van der Waals surface area contributed by atoms with Crippen molar-refractivity contribution in [2.45, 2.75) is 132 Å². The van der Waals surface area contributed by atoms with Gasteiger partial charge in [0.1, 0.15) is 60.7 Å². The van der Waals surface area contributed by atoms with Gasteiger partial charge in [-0.15, -0.1) is 0 Å². The predicted octanol–water partition coefficient (Wildman–Crippen LogP) is -2.80. The number of aliphatic hydroxyl groups excluding tert-OH is 8. The van der Waals surface area contributed by atoms with Crippen LogP contribution in [0.2, 0.25) is 0 Å². The Kier molecular flexibility index (Phi) is 14.9. The molecule has 6 unspecified atom stereocenters. The predicted molar refractivity (Wildman–Crippen MR) is 149 cm³/mol. The van der Waals surface area contributed by atoms with Crippen molar-refractivity contribution in [2.75, 3.05) is 25.6 Å². The fraction of sp³-hybridized carbons (Fsp3) is 0.963. The van der Waals surface area contributed by atoms with Crippen molar-refractivity contribution in [2.24, 2.45) is 5.92 Å². The molecule has 3 aliphatic heterocycles. The van der Waals surface area contributed by atoms with E-state index in [1.165, 1.54) is 13.8 Å². The van der Waals surface area contributed by atoms with Gasteiger partial charge in [0.15, 0.2) is 18.9 Å². The highest BCUT2D eigenvalue weighted by molar-refractivity contribution is 7.80. The van der Waals surface area contributed by atoms with Crippen LogP contribution in [0.3, 0.4) is 0 Å². The summed E-state index contributed by atoms with van der Waals surface area (Å²) < 4.78 is 35.1. The topological polar surface area (TPSA) is 234 Å². The van der Waals surface area contributed by atoms with Crippen molar-refractivity contribution >= 4 is 18.4 Å². The van der Waals surface area contributed by atoms with E-state index in [-0.39, 0.29) is 12.4 Å². The van der Waals surface area contributed by atoms with Crippen LogP contribution in [0.25, 0.3) is 0 Å². The van der Waals surface area contributed by atoms with Gasteiger partial charge in [-0.3, -0.25) is 4.79 Å². The van der Waals surface area contributed by atoms with Gasteiger partial charge in [0, 0.05) is 25.4 Å². The van der Waals surface area contributed by atoms with Gasteiger partial charge < -0.3 is 69.3 Å². The van der Waals surface area contributed by atoms with Crippen LogP contribution < -0.4 is 0 Å². The maximum absolute atomic E-state index is 12.0. The number of aliphatic hydroxyl groups is 8. The van der Waals surface area contributed by atoms with E-state index in [1.54, 1.807) is 0 Å². The van der Waals surface area contributed by atoms with Crippen molar-refractivity contribution in [3.63, 3.8) is 0 Å². The molecule has 43 heavy (non-hydrogen) atoms. The number of thiol groups is 1. The van der Waals surface area contributed by atoms with Crippen LogP contribution in [0.1, 0.15) is 46.0 Å². The molecule has 0 aliphatic carbocycles. The van der Waals surface area contributed by atoms with Crippen molar-refractivity contribution in [3.8, 4) is 0 Å². The minimum absolute atomic E-state index is 0.0744. The molecule has 0 bridgehead atoms. The zero-order chi connectivity index (χ0) is 31.8. The van der Waals surface area contributed by atoms with Gasteiger partial charge in [-0.2, -0.15) is 12.6 Å². The SMILES string of the molecule is CC1O[C@@H](OC2[C@H](OCCCCC(=O)CCCS)OC(CO)[C@H](O)[C@@H]2O[C@H]2OC(CO)[C@H](O)[C@H](O)C2C)C(O)[C@@H](O)[C@@H]1O. The molecular formula is C27H48O15S. The molecule has 8 N–H and O–H groups in total. The number of carbonyl (C=O) groups excluding carboxylic acids is 1. The molecule has 0 aromatic carbocycles. The molecular weight excluding hydrogens is 596 g/mol. The van der Waals surface area contributed by atoms with E-state index in [1.807, 2.05) is 0 Å². The Bertz CT molecular complexity index is 838. The summed E-state index contributed by atoms with van der Waals surface area (Å²) in [5, 5.41) is 82.6. The second-order valence-corrected chi connectivity index (χ2v) is 11.8. The van der Waals surface area contributed by atoms with E-state index < -0.39 is 105 Å². The molecule has 3 saturated heterocycles. The maximum atomic E-state index is 12.0. The molecule has 252 valence electrons. The second kappa shape index (κ2) is 17.4. The van der Waals surface area contributed by atoms with Crippen molar-refractivity contribution in [1.29, 1.82) is 0 Å². The first-order valence-corrected chi connectivity index (χ1v) is 15.4. The molecule has 0 spiro atoms. The number of rotatable bonds is 15. The molecule has 3 aliphatic rings. The van der Waals surface area contributed by atoms with Crippen molar-refractivity contribution in [1.82, 2.24) is 0 Å². The third-order valence-electron chi connectivity index (χ3n) is 8.12. The average Bonchev–Trinajstić information content (AvgIpc) is 2.99. The Morgan fingerprint density at radius 1 is 0.674 bits per heavy atom. The largest absolute Gasteiger partial charge is 0.394 e.